The number of rotatable bonds is 4. The SMILES string of the molecule is O=C(O)c1cccc(COc2cc(F)c(Cl)cc2Br)c1. The lowest BCUT2D eigenvalue weighted by Crippen LogP contribution is -2.00. The van der Waals surface area contributed by atoms with Gasteiger partial charge in [0.1, 0.15) is 18.2 Å². The molecule has 0 radical (unpaired) electrons. The zero-order valence-corrected chi connectivity index (χ0v) is 12.4. The highest BCUT2D eigenvalue weighted by molar-refractivity contribution is 9.10. The quantitative estimate of drug-likeness (QED) is 0.817. The minimum absolute atomic E-state index is 0.00269. The maximum atomic E-state index is 13.3. The molecule has 2 rings (SSSR count). The summed E-state index contributed by atoms with van der Waals surface area (Å²) in [7, 11) is 0. The predicted molar refractivity (Wildman–Crippen MR) is 76.8 cm³/mol. The number of carbonyl (C=O) groups is 1. The van der Waals surface area contributed by atoms with Crippen molar-refractivity contribution in [2.24, 2.45) is 0 Å². The van der Waals surface area contributed by atoms with Crippen molar-refractivity contribution in [3.05, 3.63) is 62.8 Å². The molecule has 0 fully saturated rings. The third kappa shape index (κ3) is 3.49. The standard InChI is InChI=1S/C14H9BrClFO3/c15-10-5-11(16)12(17)6-13(10)20-7-8-2-1-3-9(4-8)14(18)19/h1-6H,7H2,(H,18,19). The molecule has 20 heavy (non-hydrogen) atoms. The lowest BCUT2D eigenvalue weighted by atomic mass is 10.1. The van der Waals surface area contributed by atoms with Gasteiger partial charge in [0, 0.05) is 6.07 Å². The Morgan fingerprint density at radius 3 is 2.80 bits per heavy atom. The van der Waals surface area contributed by atoms with Crippen LogP contribution in [0.25, 0.3) is 0 Å². The zero-order chi connectivity index (χ0) is 14.7. The first-order chi connectivity index (χ1) is 9.47. The van der Waals surface area contributed by atoms with E-state index in [9.17, 15) is 9.18 Å². The fourth-order valence-corrected chi connectivity index (χ4v) is 2.32. The van der Waals surface area contributed by atoms with Gasteiger partial charge < -0.3 is 9.84 Å². The minimum Gasteiger partial charge on any atom is -0.488 e. The Morgan fingerprint density at radius 2 is 2.10 bits per heavy atom. The van der Waals surface area contributed by atoms with Crippen LogP contribution in [0.5, 0.6) is 5.75 Å². The van der Waals surface area contributed by atoms with E-state index in [0.29, 0.717) is 15.8 Å². The van der Waals surface area contributed by atoms with Crippen molar-refractivity contribution in [2.75, 3.05) is 0 Å². The van der Waals surface area contributed by atoms with Crippen LogP contribution in [0, 0.1) is 5.82 Å². The molecule has 0 spiro atoms. The third-order valence-corrected chi connectivity index (χ3v) is 3.45. The molecule has 0 atom stereocenters. The van der Waals surface area contributed by atoms with Gasteiger partial charge in [0.2, 0.25) is 0 Å². The number of hydrogen-bond donors (Lipinski definition) is 1. The van der Waals surface area contributed by atoms with Gasteiger partial charge in [0.05, 0.1) is 15.1 Å². The maximum Gasteiger partial charge on any atom is 0.335 e. The summed E-state index contributed by atoms with van der Waals surface area (Å²) in [6.07, 6.45) is 0. The maximum absolute atomic E-state index is 13.3. The Kier molecular flexibility index (Phi) is 4.62. The minimum atomic E-state index is -1.01. The predicted octanol–water partition coefficient (Wildman–Crippen LogP) is 4.52. The molecule has 0 aliphatic heterocycles. The number of carboxylic acid groups (broad SMARTS) is 1. The van der Waals surface area contributed by atoms with Crippen molar-refractivity contribution < 1.29 is 19.0 Å². The second-order valence-corrected chi connectivity index (χ2v) is 5.25. The first-order valence-electron chi connectivity index (χ1n) is 5.57. The van der Waals surface area contributed by atoms with Gasteiger partial charge in [-0.25, -0.2) is 9.18 Å². The molecule has 6 heteroatoms. The van der Waals surface area contributed by atoms with Crippen molar-refractivity contribution in [2.45, 2.75) is 6.61 Å². The summed E-state index contributed by atoms with van der Waals surface area (Å²) in [6, 6.07) is 8.92. The molecule has 0 aliphatic rings. The van der Waals surface area contributed by atoms with Crippen molar-refractivity contribution in [3.8, 4) is 5.75 Å². The van der Waals surface area contributed by atoms with E-state index >= 15 is 0 Å². The molecule has 1 N–H and O–H groups in total. The van der Waals surface area contributed by atoms with E-state index in [2.05, 4.69) is 15.9 Å². The van der Waals surface area contributed by atoms with Gasteiger partial charge in [-0.3, -0.25) is 0 Å². The first-order valence-corrected chi connectivity index (χ1v) is 6.74. The molecule has 0 unspecified atom stereocenters. The summed E-state index contributed by atoms with van der Waals surface area (Å²) in [6.45, 7) is 0.126. The van der Waals surface area contributed by atoms with Crippen LogP contribution in [-0.2, 0) is 6.61 Å². The molecule has 0 aromatic heterocycles. The Bertz CT molecular complexity index is 661. The Morgan fingerprint density at radius 1 is 1.35 bits per heavy atom. The van der Waals surface area contributed by atoms with Gasteiger partial charge in [0.25, 0.3) is 0 Å². The number of ether oxygens (including phenoxy) is 1. The van der Waals surface area contributed by atoms with E-state index in [-0.39, 0.29) is 17.2 Å². The van der Waals surface area contributed by atoms with Crippen molar-refractivity contribution in [1.29, 1.82) is 0 Å². The first kappa shape index (κ1) is 14.8. The van der Waals surface area contributed by atoms with E-state index in [4.69, 9.17) is 21.4 Å². The average Bonchev–Trinajstić information content (AvgIpc) is 2.41. The van der Waals surface area contributed by atoms with Crippen LogP contribution in [-0.4, -0.2) is 11.1 Å². The average molecular weight is 360 g/mol. The van der Waals surface area contributed by atoms with Crippen molar-refractivity contribution >= 4 is 33.5 Å². The molecule has 3 nitrogen and oxygen atoms in total. The summed E-state index contributed by atoms with van der Waals surface area (Å²) >= 11 is 8.86. The van der Waals surface area contributed by atoms with Crippen LogP contribution in [0.3, 0.4) is 0 Å². The molecule has 0 amide bonds. The molecule has 2 aromatic rings. The molecule has 0 saturated carbocycles. The number of aromatic carboxylic acids is 1. The van der Waals surface area contributed by atoms with E-state index in [1.165, 1.54) is 24.3 Å². The van der Waals surface area contributed by atoms with E-state index in [1.807, 2.05) is 0 Å². The van der Waals surface area contributed by atoms with Gasteiger partial charge in [-0.2, -0.15) is 0 Å². The van der Waals surface area contributed by atoms with Crippen molar-refractivity contribution in [1.82, 2.24) is 0 Å². The number of benzene rings is 2. The van der Waals surface area contributed by atoms with Crippen LogP contribution < -0.4 is 4.74 Å². The molecule has 0 bridgehead atoms. The molecular formula is C14H9BrClFO3. The summed E-state index contributed by atoms with van der Waals surface area (Å²) in [5.74, 6) is -1.29. The number of hydrogen-bond acceptors (Lipinski definition) is 2. The Labute approximate surface area is 128 Å². The van der Waals surface area contributed by atoms with E-state index in [1.54, 1.807) is 12.1 Å². The fourth-order valence-electron chi connectivity index (χ4n) is 1.57. The Balaban J connectivity index is 2.15. The molecular weight excluding hydrogens is 351 g/mol. The van der Waals surface area contributed by atoms with E-state index < -0.39 is 11.8 Å². The zero-order valence-electron chi connectivity index (χ0n) is 10.1. The molecule has 2 aromatic carbocycles. The monoisotopic (exact) mass is 358 g/mol. The van der Waals surface area contributed by atoms with Gasteiger partial charge in [-0.05, 0) is 39.7 Å². The molecule has 104 valence electrons. The lowest BCUT2D eigenvalue weighted by molar-refractivity contribution is 0.0696. The van der Waals surface area contributed by atoms with E-state index in [0.717, 1.165) is 0 Å². The second-order valence-electron chi connectivity index (χ2n) is 3.99. The smallest absolute Gasteiger partial charge is 0.335 e. The topological polar surface area (TPSA) is 46.5 Å². The Hall–Kier alpha value is -1.59. The van der Waals surface area contributed by atoms with Gasteiger partial charge in [-0.15, -0.1) is 0 Å². The normalized spacial score (nSPS) is 10.3. The van der Waals surface area contributed by atoms with Crippen LogP contribution in [0.4, 0.5) is 4.39 Å². The number of halogens is 3. The van der Waals surface area contributed by atoms with Crippen LogP contribution >= 0.6 is 27.5 Å². The summed E-state index contributed by atoms with van der Waals surface area (Å²) < 4.78 is 19.3. The number of carboxylic acids is 1. The van der Waals surface area contributed by atoms with Gasteiger partial charge >= 0.3 is 5.97 Å². The molecule has 0 heterocycles. The third-order valence-electron chi connectivity index (χ3n) is 2.54. The molecule has 0 aliphatic carbocycles. The fraction of sp³-hybridized carbons (Fsp3) is 0.0714. The summed E-state index contributed by atoms with van der Waals surface area (Å²) in [5.41, 5.74) is 0.847. The van der Waals surface area contributed by atoms with Gasteiger partial charge in [0.15, 0.2) is 0 Å². The summed E-state index contributed by atoms with van der Waals surface area (Å²) in [5, 5.41) is 8.89. The van der Waals surface area contributed by atoms with Gasteiger partial charge in [-0.1, -0.05) is 23.7 Å². The largest absolute Gasteiger partial charge is 0.488 e. The van der Waals surface area contributed by atoms with Crippen LogP contribution in [0.1, 0.15) is 15.9 Å². The van der Waals surface area contributed by atoms with Crippen LogP contribution in [0.2, 0.25) is 5.02 Å². The highest BCUT2D eigenvalue weighted by atomic mass is 79.9. The lowest BCUT2D eigenvalue weighted by Gasteiger charge is -2.09. The highest BCUT2D eigenvalue weighted by Gasteiger charge is 2.09. The summed E-state index contributed by atoms with van der Waals surface area (Å²) in [4.78, 5) is 10.9. The van der Waals surface area contributed by atoms with Crippen LogP contribution in [0.15, 0.2) is 40.9 Å². The van der Waals surface area contributed by atoms with Crippen molar-refractivity contribution in [3.63, 3.8) is 0 Å². The molecule has 0 saturated heterocycles. The second kappa shape index (κ2) is 6.24. The highest BCUT2D eigenvalue weighted by Crippen LogP contribution is 2.31.